The Labute approximate surface area is 83.1 Å². The molecule has 1 aromatic carbocycles. The number of hydrogen-bond acceptors (Lipinski definition) is 3. The molecule has 1 heterocycles. The number of benzene rings is 1. The van der Waals surface area contributed by atoms with Crippen LogP contribution in [-0.2, 0) is 0 Å². The number of halogens is 1. The minimum atomic E-state index is -0.294. The monoisotopic (exact) mass is 210 g/mol. The van der Waals surface area contributed by atoms with E-state index in [0.717, 1.165) is 4.70 Å². The number of nitrogens with two attached hydrogens (primary N) is 2. The van der Waals surface area contributed by atoms with Crippen LogP contribution < -0.4 is 11.5 Å². The quantitative estimate of drug-likeness (QED) is 0.550. The molecule has 6 heteroatoms. The van der Waals surface area contributed by atoms with Gasteiger partial charge >= 0.3 is 0 Å². The van der Waals surface area contributed by atoms with E-state index >= 15 is 0 Å². The van der Waals surface area contributed by atoms with Crippen LogP contribution in [-0.4, -0.2) is 10.9 Å². The third-order valence-electron chi connectivity index (χ3n) is 1.56. The number of thiazole rings is 1. The minimum absolute atomic E-state index is 0.0514. The summed E-state index contributed by atoms with van der Waals surface area (Å²) in [7, 11) is 0. The van der Waals surface area contributed by atoms with Crippen LogP contribution in [0, 0.1) is 5.82 Å². The third-order valence-corrected chi connectivity index (χ3v) is 2.48. The van der Waals surface area contributed by atoms with Crippen molar-refractivity contribution in [2.24, 2.45) is 16.5 Å². The van der Waals surface area contributed by atoms with Crippen LogP contribution in [0.4, 0.5) is 9.52 Å². The van der Waals surface area contributed by atoms with Gasteiger partial charge in [0.2, 0.25) is 5.13 Å². The van der Waals surface area contributed by atoms with Crippen molar-refractivity contribution in [1.29, 1.82) is 0 Å². The van der Waals surface area contributed by atoms with E-state index in [2.05, 4.69) is 9.98 Å². The molecule has 0 spiro atoms. The highest BCUT2D eigenvalue weighted by molar-refractivity contribution is 7.22. The van der Waals surface area contributed by atoms with Gasteiger partial charge in [-0.1, -0.05) is 11.3 Å². The first-order chi connectivity index (χ1) is 6.65. The predicted molar refractivity (Wildman–Crippen MR) is 55.0 cm³/mol. The average Bonchev–Trinajstić information content (AvgIpc) is 2.44. The van der Waals surface area contributed by atoms with E-state index in [9.17, 15) is 4.39 Å². The van der Waals surface area contributed by atoms with Gasteiger partial charge < -0.3 is 11.5 Å². The minimum Gasteiger partial charge on any atom is -0.370 e. The number of nitrogens with zero attached hydrogens (tertiary/aromatic N) is 2. The van der Waals surface area contributed by atoms with Crippen LogP contribution >= 0.6 is 11.3 Å². The lowest BCUT2D eigenvalue weighted by atomic mass is 10.3. The second-order valence-corrected chi connectivity index (χ2v) is 3.65. The summed E-state index contributed by atoms with van der Waals surface area (Å²) in [6, 6.07) is 4.34. The molecule has 0 saturated heterocycles. The lowest BCUT2D eigenvalue weighted by Gasteiger charge is -1.85. The Kier molecular flexibility index (Phi) is 2.05. The second kappa shape index (κ2) is 3.22. The lowest BCUT2D eigenvalue weighted by molar-refractivity contribution is 0.630. The van der Waals surface area contributed by atoms with Gasteiger partial charge in [-0.25, -0.2) is 9.37 Å². The third kappa shape index (κ3) is 1.64. The number of aromatic nitrogens is 1. The fraction of sp³-hybridized carbons (Fsp3) is 0. The van der Waals surface area contributed by atoms with Crippen LogP contribution in [0.3, 0.4) is 0 Å². The Morgan fingerprint density at radius 1 is 1.43 bits per heavy atom. The zero-order chi connectivity index (χ0) is 10.1. The van der Waals surface area contributed by atoms with Crippen LogP contribution in [0.5, 0.6) is 0 Å². The van der Waals surface area contributed by atoms with Crippen LogP contribution in [0.1, 0.15) is 0 Å². The molecule has 0 saturated carbocycles. The van der Waals surface area contributed by atoms with Crippen LogP contribution in [0.25, 0.3) is 10.2 Å². The highest BCUT2D eigenvalue weighted by Gasteiger charge is 2.03. The van der Waals surface area contributed by atoms with Gasteiger partial charge in [-0.05, 0) is 18.2 Å². The van der Waals surface area contributed by atoms with Gasteiger partial charge in [0.05, 0.1) is 10.2 Å². The molecule has 0 aliphatic heterocycles. The summed E-state index contributed by atoms with van der Waals surface area (Å²) in [6.07, 6.45) is 0. The summed E-state index contributed by atoms with van der Waals surface area (Å²) in [5.74, 6) is -0.345. The normalized spacial score (nSPS) is 10.4. The lowest BCUT2D eigenvalue weighted by Crippen LogP contribution is -2.21. The Balaban J connectivity index is 2.57. The average molecular weight is 210 g/mol. The van der Waals surface area contributed by atoms with E-state index in [-0.39, 0.29) is 11.8 Å². The van der Waals surface area contributed by atoms with E-state index < -0.39 is 0 Å². The molecule has 4 nitrogen and oxygen atoms in total. The predicted octanol–water partition coefficient (Wildman–Crippen LogP) is 1.34. The van der Waals surface area contributed by atoms with Crippen molar-refractivity contribution in [3.05, 3.63) is 24.0 Å². The molecule has 2 rings (SSSR count). The number of guanidine groups is 1. The fourth-order valence-electron chi connectivity index (χ4n) is 1.04. The van der Waals surface area contributed by atoms with E-state index in [1.807, 2.05) is 0 Å². The van der Waals surface area contributed by atoms with Crippen molar-refractivity contribution in [2.75, 3.05) is 0 Å². The van der Waals surface area contributed by atoms with Crippen molar-refractivity contribution >= 4 is 32.6 Å². The molecule has 0 aliphatic carbocycles. The van der Waals surface area contributed by atoms with Gasteiger partial charge in [0.1, 0.15) is 5.82 Å². The van der Waals surface area contributed by atoms with E-state index in [1.54, 1.807) is 6.07 Å². The Morgan fingerprint density at radius 3 is 2.93 bits per heavy atom. The van der Waals surface area contributed by atoms with Crippen LogP contribution in [0.15, 0.2) is 23.2 Å². The molecule has 14 heavy (non-hydrogen) atoms. The Hall–Kier alpha value is -1.69. The van der Waals surface area contributed by atoms with Crippen molar-refractivity contribution in [1.82, 2.24) is 4.98 Å². The number of aliphatic imine (C=N–C) groups is 1. The number of rotatable bonds is 1. The summed E-state index contributed by atoms with van der Waals surface area (Å²) < 4.78 is 13.5. The maximum atomic E-state index is 12.8. The molecule has 0 fully saturated rings. The van der Waals surface area contributed by atoms with Gasteiger partial charge in [0, 0.05) is 0 Å². The molecule has 0 unspecified atom stereocenters. The van der Waals surface area contributed by atoms with E-state index in [0.29, 0.717) is 10.6 Å². The largest absolute Gasteiger partial charge is 0.370 e. The van der Waals surface area contributed by atoms with Crippen molar-refractivity contribution < 1.29 is 4.39 Å². The molecule has 0 bridgehead atoms. The first kappa shape index (κ1) is 8.89. The second-order valence-electron chi connectivity index (χ2n) is 2.65. The topological polar surface area (TPSA) is 77.3 Å². The van der Waals surface area contributed by atoms with Gasteiger partial charge in [0.25, 0.3) is 0 Å². The molecule has 1 aromatic heterocycles. The zero-order valence-corrected chi connectivity index (χ0v) is 7.88. The number of fused-ring (bicyclic) bond motifs is 1. The molecule has 2 aromatic rings. The molecular weight excluding hydrogens is 203 g/mol. The SMILES string of the molecule is NC(N)=Nc1nc2ccc(F)cc2s1. The molecule has 4 N–H and O–H groups in total. The summed E-state index contributed by atoms with van der Waals surface area (Å²) in [5, 5.41) is 0.436. The summed E-state index contributed by atoms with van der Waals surface area (Å²) in [6.45, 7) is 0. The maximum absolute atomic E-state index is 12.8. The Bertz CT molecular complexity index is 501. The highest BCUT2D eigenvalue weighted by atomic mass is 32.1. The van der Waals surface area contributed by atoms with Gasteiger partial charge in [-0.2, -0.15) is 4.99 Å². The smallest absolute Gasteiger partial charge is 0.213 e. The van der Waals surface area contributed by atoms with Gasteiger partial charge in [0.15, 0.2) is 5.96 Å². The molecule has 0 amide bonds. The number of hydrogen-bond donors (Lipinski definition) is 2. The van der Waals surface area contributed by atoms with Crippen molar-refractivity contribution in [3.8, 4) is 0 Å². The molecule has 0 aliphatic rings. The maximum Gasteiger partial charge on any atom is 0.213 e. The van der Waals surface area contributed by atoms with Crippen molar-refractivity contribution in [2.45, 2.75) is 0 Å². The summed E-state index contributed by atoms with van der Waals surface area (Å²) in [4.78, 5) is 7.88. The van der Waals surface area contributed by atoms with Crippen LogP contribution in [0.2, 0.25) is 0 Å². The summed E-state index contributed by atoms with van der Waals surface area (Å²) in [5.41, 5.74) is 11.1. The van der Waals surface area contributed by atoms with Crippen molar-refractivity contribution in [3.63, 3.8) is 0 Å². The standard InChI is InChI=1S/C8H7FN4S/c9-4-1-2-5-6(3-4)14-8(12-5)13-7(10)11/h1-3H,(H4,10,11,12,13). The van der Waals surface area contributed by atoms with Gasteiger partial charge in [-0.15, -0.1) is 0 Å². The first-order valence-electron chi connectivity index (χ1n) is 3.81. The zero-order valence-electron chi connectivity index (χ0n) is 7.07. The van der Waals surface area contributed by atoms with E-state index in [1.165, 1.54) is 23.5 Å². The fourth-order valence-corrected chi connectivity index (χ4v) is 1.93. The molecule has 0 radical (unpaired) electrons. The molecular formula is C8H7FN4S. The first-order valence-corrected chi connectivity index (χ1v) is 4.62. The highest BCUT2D eigenvalue weighted by Crippen LogP contribution is 2.28. The van der Waals surface area contributed by atoms with E-state index in [4.69, 9.17) is 11.5 Å². The Morgan fingerprint density at radius 2 is 2.21 bits per heavy atom. The summed E-state index contributed by atoms with van der Waals surface area (Å²) >= 11 is 1.24. The molecule has 0 atom stereocenters. The molecule has 72 valence electrons. The van der Waals surface area contributed by atoms with Gasteiger partial charge in [-0.3, -0.25) is 0 Å².